The first-order valence-corrected chi connectivity index (χ1v) is 5.47. The van der Waals surface area contributed by atoms with Crippen molar-refractivity contribution in [3.8, 4) is 6.07 Å². The molecule has 0 amide bonds. The molecule has 0 radical (unpaired) electrons. The van der Waals surface area contributed by atoms with Gasteiger partial charge in [-0.05, 0) is 35.0 Å². The number of allylic oxidation sites excluding steroid dienone is 2. The Labute approximate surface area is 86.8 Å². The zero-order valence-electron chi connectivity index (χ0n) is 9.54. The van der Waals surface area contributed by atoms with Crippen LogP contribution in [0.25, 0.3) is 0 Å². The second-order valence-electron chi connectivity index (χ2n) is 6.16. The van der Waals surface area contributed by atoms with Crippen LogP contribution in [0.4, 0.5) is 0 Å². The molecule has 0 bridgehead atoms. The van der Waals surface area contributed by atoms with E-state index in [1.807, 2.05) is 0 Å². The molecule has 2 rings (SSSR count). The van der Waals surface area contributed by atoms with Crippen LogP contribution in [0.2, 0.25) is 0 Å². The van der Waals surface area contributed by atoms with Gasteiger partial charge in [-0.1, -0.05) is 33.8 Å². The molecule has 0 heterocycles. The predicted molar refractivity (Wildman–Crippen MR) is 57.4 cm³/mol. The predicted octanol–water partition coefficient (Wildman–Crippen LogP) is 3.38. The lowest BCUT2D eigenvalue weighted by molar-refractivity contribution is 0.448. The summed E-state index contributed by atoms with van der Waals surface area (Å²) in [5, 5.41) is 8.52. The second kappa shape index (κ2) is 2.63. The fourth-order valence-electron chi connectivity index (χ4n) is 3.12. The summed E-state index contributed by atoms with van der Waals surface area (Å²) in [6, 6.07) is 2.10. The first-order chi connectivity index (χ1) is 6.41. The molecule has 1 nitrogen and oxygen atoms in total. The van der Waals surface area contributed by atoms with Crippen molar-refractivity contribution in [2.24, 2.45) is 28.6 Å². The van der Waals surface area contributed by atoms with Crippen molar-refractivity contribution in [1.29, 1.82) is 5.26 Å². The summed E-state index contributed by atoms with van der Waals surface area (Å²) in [6.45, 7) is 9.38. The second-order valence-corrected chi connectivity index (χ2v) is 6.16. The molecule has 0 saturated heterocycles. The fraction of sp³-hybridized carbons (Fsp3) is 0.769. The van der Waals surface area contributed by atoms with E-state index in [1.165, 1.54) is 6.42 Å². The van der Waals surface area contributed by atoms with E-state index < -0.39 is 0 Å². The van der Waals surface area contributed by atoms with E-state index in [-0.39, 0.29) is 0 Å². The molecule has 3 atom stereocenters. The van der Waals surface area contributed by atoms with Crippen LogP contribution in [0.3, 0.4) is 0 Å². The van der Waals surface area contributed by atoms with E-state index in [0.29, 0.717) is 16.7 Å². The van der Waals surface area contributed by atoms with Gasteiger partial charge >= 0.3 is 0 Å². The summed E-state index contributed by atoms with van der Waals surface area (Å²) >= 11 is 0. The number of hydrogen-bond acceptors (Lipinski definition) is 1. The molecule has 2 saturated carbocycles. The Kier molecular flexibility index (Phi) is 1.83. The third-order valence-corrected chi connectivity index (χ3v) is 4.40. The van der Waals surface area contributed by atoms with Crippen molar-refractivity contribution in [3.63, 3.8) is 0 Å². The Morgan fingerprint density at radius 1 is 1.29 bits per heavy atom. The van der Waals surface area contributed by atoms with Gasteiger partial charge in [0.15, 0.2) is 0 Å². The van der Waals surface area contributed by atoms with Crippen molar-refractivity contribution < 1.29 is 0 Å². The van der Waals surface area contributed by atoms with Gasteiger partial charge < -0.3 is 0 Å². The van der Waals surface area contributed by atoms with Crippen molar-refractivity contribution in [2.75, 3.05) is 0 Å². The molecule has 76 valence electrons. The zero-order chi connectivity index (χ0) is 10.6. The van der Waals surface area contributed by atoms with E-state index in [0.717, 1.165) is 11.8 Å². The lowest BCUT2D eigenvalue weighted by atomic mass is 10.0. The molecule has 0 aromatic carbocycles. The molecule has 0 aromatic rings. The van der Waals surface area contributed by atoms with E-state index in [4.69, 9.17) is 5.26 Å². The number of rotatable bonds is 2. The fourth-order valence-corrected chi connectivity index (χ4v) is 3.12. The van der Waals surface area contributed by atoms with Crippen LogP contribution in [0.1, 0.15) is 34.1 Å². The SMILES string of the molecule is CC1(C)CC1C1C(/C=C/C#N)C1(C)C. The Hall–Kier alpha value is -0.770. The molecule has 2 aliphatic carbocycles. The van der Waals surface area contributed by atoms with Gasteiger partial charge in [0.25, 0.3) is 0 Å². The summed E-state index contributed by atoms with van der Waals surface area (Å²) in [7, 11) is 0. The van der Waals surface area contributed by atoms with Crippen LogP contribution in [-0.2, 0) is 0 Å². The minimum Gasteiger partial charge on any atom is -0.193 e. The van der Waals surface area contributed by atoms with Gasteiger partial charge in [0.05, 0.1) is 6.07 Å². The van der Waals surface area contributed by atoms with Gasteiger partial charge in [-0.2, -0.15) is 5.26 Å². The molecule has 0 N–H and O–H groups in total. The van der Waals surface area contributed by atoms with Gasteiger partial charge in [0, 0.05) is 6.08 Å². The molecule has 1 heteroatoms. The highest BCUT2D eigenvalue weighted by Gasteiger charge is 2.67. The highest BCUT2D eigenvalue weighted by Crippen LogP contribution is 2.73. The molecular weight excluding hydrogens is 170 g/mol. The van der Waals surface area contributed by atoms with Crippen LogP contribution >= 0.6 is 0 Å². The molecule has 0 aromatic heterocycles. The minimum absolute atomic E-state index is 0.436. The lowest BCUT2D eigenvalue weighted by Crippen LogP contribution is -1.97. The molecule has 0 aliphatic heterocycles. The zero-order valence-corrected chi connectivity index (χ0v) is 9.54. The largest absolute Gasteiger partial charge is 0.193 e. The molecule has 3 unspecified atom stereocenters. The van der Waals surface area contributed by atoms with Crippen LogP contribution in [0, 0.1) is 39.9 Å². The van der Waals surface area contributed by atoms with E-state index in [9.17, 15) is 0 Å². The Bertz CT molecular complexity index is 317. The highest BCUT2D eigenvalue weighted by atomic mass is 14.7. The van der Waals surface area contributed by atoms with Crippen molar-refractivity contribution in [3.05, 3.63) is 12.2 Å². The molecule has 0 spiro atoms. The van der Waals surface area contributed by atoms with E-state index in [2.05, 4.69) is 39.8 Å². The minimum atomic E-state index is 0.436. The first-order valence-electron chi connectivity index (χ1n) is 5.47. The Morgan fingerprint density at radius 2 is 1.86 bits per heavy atom. The van der Waals surface area contributed by atoms with Crippen LogP contribution in [-0.4, -0.2) is 0 Å². The highest BCUT2D eigenvalue weighted by molar-refractivity contribution is 5.23. The number of nitrogens with zero attached hydrogens (tertiary/aromatic N) is 1. The summed E-state index contributed by atoms with van der Waals surface area (Å²) in [5.41, 5.74) is 1.00. The molecule has 14 heavy (non-hydrogen) atoms. The average molecular weight is 189 g/mol. The van der Waals surface area contributed by atoms with Gasteiger partial charge in [-0.25, -0.2) is 0 Å². The summed E-state index contributed by atoms with van der Waals surface area (Å²) in [6.07, 6.45) is 5.14. The molecular formula is C13H19N. The average Bonchev–Trinajstić information content (AvgIpc) is 2.83. The maximum atomic E-state index is 8.52. The van der Waals surface area contributed by atoms with Gasteiger partial charge in [0.2, 0.25) is 0 Å². The van der Waals surface area contributed by atoms with Gasteiger partial charge in [-0.15, -0.1) is 0 Å². The molecule has 2 fully saturated rings. The molecule has 2 aliphatic rings. The van der Waals surface area contributed by atoms with Crippen LogP contribution < -0.4 is 0 Å². The van der Waals surface area contributed by atoms with E-state index in [1.54, 1.807) is 6.08 Å². The van der Waals surface area contributed by atoms with Crippen molar-refractivity contribution in [1.82, 2.24) is 0 Å². The number of hydrogen-bond donors (Lipinski definition) is 0. The van der Waals surface area contributed by atoms with Crippen molar-refractivity contribution in [2.45, 2.75) is 34.1 Å². The lowest BCUT2D eigenvalue weighted by Gasteiger charge is -2.03. The monoisotopic (exact) mass is 189 g/mol. The quantitative estimate of drug-likeness (QED) is 0.611. The van der Waals surface area contributed by atoms with E-state index >= 15 is 0 Å². The smallest absolute Gasteiger partial charge is 0.0908 e. The third-order valence-electron chi connectivity index (χ3n) is 4.40. The summed E-state index contributed by atoms with van der Waals surface area (Å²) in [5.74, 6) is 2.36. The summed E-state index contributed by atoms with van der Waals surface area (Å²) < 4.78 is 0. The van der Waals surface area contributed by atoms with Gasteiger partial charge in [0.1, 0.15) is 0 Å². The maximum absolute atomic E-state index is 8.52. The summed E-state index contributed by atoms with van der Waals surface area (Å²) in [4.78, 5) is 0. The Morgan fingerprint density at radius 3 is 2.29 bits per heavy atom. The van der Waals surface area contributed by atoms with Crippen LogP contribution in [0.5, 0.6) is 0 Å². The van der Waals surface area contributed by atoms with Crippen molar-refractivity contribution >= 4 is 0 Å². The third kappa shape index (κ3) is 1.29. The normalized spacial score (nSPS) is 42.1. The van der Waals surface area contributed by atoms with Gasteiger partial charge in [-0.3, -0.25) is 0 Å². The van der Waals surface area contributed by atoms with Crippen LogP contribution in [0.15, 0.2) is 12.2 Å². The standard InChI is InChI=1S/C13H19N/c1-12(2)8-10(12)11-9(6-5-7-14)13(11,3)4/h5-6,9-11H,8H2,1-4H3/b6-5+. The number of nitriles is 1. The first kappa shape index (κ1) is 9.77. The topological polar surface area (TPSA) is 23.8 Å². The maximum Gasteiger partial charge on any atom is 0.0908 e. The Balaban J connectivity index is 2.04.